The summed E-state index contributed by atoms with van der Waals surface area (Å²) in [6.07, 6.45) is 10.8. The fourth-order valence-electron chi connectivity index (χ4n) is 7.53. The second-order valence-corrected chi connectivity index (χ2v) is 15.9. The van der Waals surface area contributed by atoms with Crippen LogP contribution in [0.3, 0.4) is 0 Å². The first-order valence-corrected chi connectivity index (χ1v) is 19.5. The molecule has 0 aromatic carbocycles. The standard InChI is InChI=1S/C38H70N6O7/c1-24(2)21-38(6,37(50)43-32(28-17-13-12-14-18-28)35(48)42-30(22-39)33(40)46)44(7)36(49)29-19-15-10-8-9-11-16-20-31(29)51-23-25(3)41-34(47)26(4)27(5)45/h24-32,45H,8-23,39H2,1-7H3,(H2,40,46)(H,41,47)(H,42,48)(H,43,50)/t25-,26+,27+,29-,30+,31-,32+,38-/m1/s1. The summed E-state index contributed by atoms with van der Waals surface area (Å²) in [6, 6.07) is -2.32. The van der Waals surface area contributed by atoms with Crippen LogP contribution in [0, 0.1) is 23.7 Å². The highest BCUT2D eigenvalue weighted by atomic mass is 16.5. The van der Waals surface area contributed by atoms with Gasteiger partial charge in [0.15, 0.2) is 0 Å². The molecule has 2 aliphatic rings. The van der Waals surface area contributed by atoms with Gasteiger partial charge in [-0.25, -0.2) is 0 Å². The number of hydrogen-bond donors (Lipinski definition) is 6. The van der Waals surface area contributed by atoms with Gasteiger partial charge < -0.3 is 42.2 Å². The highest BCUT2D eigenvalue weighted by Gasteiger charge is 2.46. The first-order valence-electron chi connectivity index (χ1n) is 19.5. The van der Waals surface area contributed by atoms with E-state index in [1.165, 1.54) is 0 Å². The third kappa shape index (κ3) is 13.6. The van der Waals surface area contributed by atoms with E-state index in [2.05, 4.69) is 16.0 Å². The molecule has 0 bridgehead atoms. The Balaban J connectivity index is 2.38. The van der Waals surface area contributed by atoms with Crippen molar-refractivity contribution in [2.45, 2.75) is 167 Å². The zero-order valence-corrected chi connectivity index (χ0v) is 32.5. The third-order valence-electron chi connectivity index (χ3n) is 11.1. The zero-order valence-electron chi connectivity index (χ0n) is 32.5. The minimum absolute atomic E-state index is 0.0408. The molecule has 51 heavy (non-hydrogen) atoms. The summed E-state index contributed by atoms with van der Waals surface area (Å²) in [6.45, 7) is 10.9. The Morgan fingerprint density at radius 3 is 1.92 bits per heavy atom. The Morgan fingerprint density at radius 2 is 1.37 bits per heavy atom. The SMILES string of the molecule is CC(C)C[C@](C)(C(=O)N[C@H](C(=O)N[C@@H](CN)C(N)=O)C1CCCCC1)N(C)C(=O)[C@@H]1CCCCCCCC[C@H]1OC[C@@H](C)NC(=O)[C@@H](C)[C@H](C)O. The van der Waals surface area contributed by atoms with Crippen molar-refractivity contribution in [2.24, 2.45) is 35.1 Å². The smallest absolute Gasteiger partial charge is 0.246 e. The first-order chi connectivity index (χ1) is 24.0. The van der Waals surface area contributed by atoms with Crippen molar-refractivity contribution in [3.8, 4) is 0 Å². The molecule has 2 rings (SSSR count). The van der Waals surface area contributed by atoms with Gasteiger partial charge in [0, 0.05) is 19.6 Å². The topological polar surface area (TPSA) is 206 Å². The lowest BCUT2D eigenvalue weighted by molar-refractivity contribution is -0.154. The summed E-state index contributed by atoms with van der Waals surface area (Å²) in [4.78, 5) is 69.0. The van der Waals surface area contributed by atoms with Gasteiger partial charge in [0.25, 0.3) is 0 Å². The zero-order chi connectivity index (χ0) is 38.3. The molecule has 0 aliphatic heterocycles. The van der Waals surface area contributed by atoms with Gasteiger partial charge in [-0.05, 0) is 64.7 Å². The molecule has 8 atom stereocenters. The summed E-state index contributed by atoms with van der Waals surface area (Å²) in [5.41, 5.74) is 9.89. The average Bonchev–Trinajstić information content (AvgIpc) is 3.09. The maximum Gasteiger partial charge on any atom is 0.246 e. The number of amides is 5. The normalized spacial score (nSPS) is 23.4. The Kier molecular flexibility index (Phi) is 18.9. The molecule has 0 saturated heterocycles. The molecule has 0 aromatic rings. The van der Waals surface area contributed by atoms with Crippen molar-refractivity contribution >= 4 is 29.5 Å². The number of aliphatic hydroxyl groups is 1. The molecule has 0 heterocycles. The number of nitrogens with zero attached hydrogens (tertiary/aromatic N) is 1. The Labute approximate surface area is 306 Å². The fourth-order valence-corrected chi connectivity index (χ4v) is 7.53. The predicted octanol–water partition coefficient (Wildman–Crippen LogP) is 2.90. The van der Waals surface area contributed by atoms with Gasteiger partial charge in [0.1, 0.15) is 17.6 Å². The number of hydrogen-bond acceptors (Lipinski definition) is 8. The van der Waals surface area contributed by atoms with Crippen molar-refractivity contribution in [3.05, 3.63) is 0 Å². The molecule has 0 spiro atoms. The van der Waals surface area contributed by atoms with Crippen LogP contribution < -0.4 is 27.4 Å². The molecule has 0 aromatic heterocycles. The number of ether oxygens (including phenoxy) is 1. The summed E-state index contributed by atoms with van der Waals surface area (Å²) >= 11 is 0. The van der Waals surface area contributed by atoms with Crippen molar-refractivity contribution in [2.75, 3.05) is 20.2 Å². The van der Waals surface area contributed by atoms with E-state index < -0.39 is 59.4 Å². The predicted molar refractivity (Wildman–Crippen MR) is 198 cm³/mol. The number of carbonyl (C=O) groups excluding carboxylic acids is 5. The van der Waals surface area contributed by atoms with Gasteiger partial charge in [-0.2, -0.15) is 0 Å². The maximum absolute atomic E-state index is 14.7. The molecular formula is C38H70N6O7. The van der Waals surface area contributed by atoms with E-state index in [1.807, 2.05) is 20.8 Å². The quantitative estimate of drug-likeness (QED) is 0.131. The van der Waals surface area contributed by atoms with E-state index in [9.17, 15) is 29.1 Å². The number of likely N-dealkylation sites (N-methyl/N-ethyl adjacent to an activating group) is 1. The molecule has 294 valence electrons. The fraction of sp³-hybridized carbons (Fsp3) is 0.868. The Hall–Kier alpha value is -2.77. The Bertz CT molecular complexity index is 1130. The van der Waals surface area contributed by atoms with E-state index in [-0.39, 0.29) is 42.8 Å². The average molecular weight is 723 g/mol. The lowest BCUT2D eigenvalue weighted by Gasteiger charge is -2.43. The van der Waals surface area contributed by atoms with Gasteiger partial charge >= 0.3 is 0 Å². The molecule has 2 aliphatic carbocycles. The van der Waals surface area contributed by atoms with Crippen LogP contribution in [0.15, 0.2) is 0 Å². The second kappa shape index (κ2) is 21.7. The van der Waals surface area contributed by atoms with Gasteiger partial charge in [-0.15, -0.1) is 0 Å². The van der Waals surface area contributed by atoms with Crippen LogP contribution in [0.25, 0.3) is 0 Å². The summed E-state index contributed by atoms with van der Waals surface area (Å²) in [5, 5.41) is 18.5. The van der Waals surface area contributed by atoms with Crippen LogP contribution in [-0.4, -0.2) is 95.6 Å². The van der Waals surface area contributed by atoms with Crippen molar-refractivity contribution in [3.63, 3.8) is 0 Å². The summed E-state index contributed by atoms with van der Waals surface area (Å²) in [5.74, 6) is -3.30. The molecule has 2 fully saturated rings. The first kappa shape index (κ1) is 44.4. The number of aliphatic hydroxyl groups excluding tert-OH is 1. The van der Waals surface area contributed by atoms with Crippen LogP contribution in [0.2, 0.25) is 0 Å². The van der Waals surface area contributed by atoms with Gasteiger partial charge in [-0.3, -0.25) is 24.0 Å². The number of rotatable bonds is 17. The van der Waals surface area contributed by atoms with Crippen LogP contribution >= 0.6 is 0 Å². The van der Waals surface area contributed by atoms with E-state index >= 15 is 0 Å². The van der Waals surface area contributed by atoms with E-state index in [4.69, 9.17) is 16.2 Å². The lowest BCUT2D eigenvalue weighted by Crippen LogP contribution is -2.64. The Morgan fingerprint density at radius 1 is 0.824 bits per heavy atom. The van der Waals surface area contributed by atoms with Crippen molar-refractivity contribution < 1.29 is 33.8 Å². The molecule has 5 amide bonds. The number of primary amides is 1. The van der Waals surface area contributed by atoms with Crippen LogP contribution in [0.4, 0.5) is 0 Å². The van der Waals surface area contributed by atoms with Gasteiger partial charge in [0.05, 0.1) is 30.7 Å². The van der Waals surface area contributed by atoms with Crippen LogP contribution in [0.5, 0.6) is 0 Å². The van der Waals surface area contributed by atoms with E-state index in [0.29, 0.717) is 19.3 Å². The molecular weight excluding hydrogens is 652 g/mol. The number of nitrogens with two attached hydrogens (primary N) is 2. The largest absolute Gasteiger partial charge is 0.393 e. The highest BCUT2D eigenvalue weighted by molar-refractivity contribution is 5.96. The van der Waals surface area contributed by atoms with Crippen LogP contribution in [0.1, 0.15) is 131 Å². The molecule has 0 unspecified atom stereocenters. The van der Waals surface area contributed by atoms with Crippen molar-refractivity contribution in [1.82, 2.24) is 20.9 Å². The van der Waals surface area contributed by atoms with Crippen molar-refractivity contribution in [1.29, 1.82) is 0 Å². The second-order valence-electron chi connectivity index (χ2n) is 15.9. The molecule has 2 saturated carbocycles. The summed E-state index contributed by atoms with van der Waals surface area (Å²) in [7, 11) is 1.67. The molecule has 13 nitrogen and oxygen atoms in total. The maximum atomic E-state index is 14.7. The highest BCUT2D eigenvalue weighted by Crippen LogP contribution is 2.32. The third-order valence-corrected chi connectivity index (χ3v) is 11.1. The van der Waals surface area contributed by atoms with Crippen LogP contribution in [-0.2, 0) is 28.7 Å². The van der Waals surface area contributed by atoms with Gasteiger partial charge in [-0.1, -0.05) is 78.6 Å². The minimum Gasteiger partial charge on any atom is -0.393 e. The molecule has 8 N–H and O–H groups in total. The number of nitrogens with one attached hydrogen (secondary N) is 3. The van der Waals surface area contributed by atoms with Gasteiger partial charge in [0.2, 0.25) is 29.5 Å². The monoisotopic (exact) mass is 723 g/mol. The molecule has 13 heteroatoms. The van der Waals surface area contributed by atoms with E-state index in [1.54, 1.807) is 32.7 Å². The molecule has 0 radical (unpaired) electrons. The van der Waals surface area contributed by atoms with E-state index in [0.717, 1.165) is 70.6 Å². The number of carbonyl (C=O) groups is 5. The minimum atomic E-state index is -1.30. The lowest BCUT2D eigenvalue weighted by atomic mass is 9.81. The summed E-state index contributed by atoms with van der Waals surface area (Å²) < 4.78 is 6.47.